The van der Waals surface area contributed by atoms with E-state index in [1.54, 1.807) is 7.11 Å². The lowest BCUT2D eigenvalue weighted by Gasteiger charge is -2.27. The van der Waals surface area contributed by atoms with Gasteiger partial charge in [0.1, 0.15) is 11.6 Å². The maximum absolute atomic E-state index is 7.59. The first kappa shape index (κ1) is 17.5. The number of amidine groups is 1. The van der Waals surface area contributed by atoms with Crippen molar-refractivity contribution in [2.24, 2.45) is 17.6 Å². The summed E-state index contributed by atoms with van der Waals surface area (Å²) in [6, 6.07) is 5.70. The molecule has 0 fully saturated rings. The Labute approximate surface area is 128 Å². The number of nitrogens with two attached hydrogens (primary N) is 1. The quantitative estimate of drug-likeness (QED) is 0.571. The summed E-state index contributed by atoms with van der Waals surface area (Å²) in [5.41, 5.74) is 7.43. The Bertz CT molecular complexity index is 459. The maximum Gasteiger partial charge on any atom is 0.123 e. The van der Waals surface area contributed by atoms with Crippen LogP contribution in [0.1, 0.15) is 38.8 Å². The summed E-state index contributed by atoms with van der Waals surface area (Å²) in [6.45, 7) is 11.8. The first-order chi connectivity index (χ1) is 9.83. The lowest BCUT2D eigenvalue weighted by molar-refractivity contribution is 0.209. The minimum atomic E-state index is 0.0955. The van der Waals surface area contributed by atoms with Crippen LogP contribution in [0.3, 0.4) is 0 Å². The topological polar surface area (TPSA) is 62.3 Å². The molecular weight excluding hydrogens is 262 g/mol. The van der Waals surface area contributed by atoms with E-state index in [-0.39, 0.29) is 5.84 Å². The molecule has 1 aromatic rings. The summed E-state index contributed by atoms with van der Waals surface area (Å²) >= 11 is 0. The third-order valence-electron chi connectivity index (χ3n) is 3.23. The van der Waals surface area contributed by atoms with Crippen molar-refractivity contribution in [2.75, 3.05) is 20.2 Å². The number of ether oxygens (including phenoxy) is 1. The van der Waals surface area contributed by atoms with Crippen molar-refractivity contribution in [3.8, 4) is 5.75 Å². The first-order valence-corrected chi connectivity index (χ1v) is 7.57. The molecule has 21 heavy (non-hydrogen) atoms. The van der Waals surface area contributed by atoms with Gasteiger partial charge in [-0.15, -0.1) is 0 Å². The Balaban J connectivity index is 2.99. The number of nitrogens with zero attached hydrogens (tertiary/aromatic N) is 1. The van der Waals surface area contributed by atoms with Crippen LogP contribution >= 0.6 is 0 Å². The van der Waals surface area contributed by atoms with Gasteiger partial charge in [0.05, 0.1) is 7.11 Å². The van der Waals surface area contributed by atoms with Gasteiger partial charge in [-0.2, -0.15) is 0 Å². The standard InChI is InChI=1S/C17H29N3O/c1-12(2)9-20(10-13(3)4)11-15-8-14(17(18)19)6-7-16(15)21-5/h6-8,12-13H,9-11H2,1-5H3,(H3,18,19). The molecule has 0 amide bonds. The van der Waals surface area contributed by atoms with Crippen LogP contribution in [-0.4, -0.2) is 30.9 Å². The highest BCUT2D eigenvalue weighted by atomic mass is 16.5. The van der Waals surface area contributed by atoms with Crippen LogP contribution < -0.4 is 10.5 Å². The molecule has 1 rings (SSSR count). The minimum absolute atomic E-state index is 0.0955. The Hall–Kier alpha value is -1.55. The third kappa shape index (κ3) is 5.76. The van der Waals surface area contributed by atoms with Crippen LogP contribution in [0.25, 0.3) is 0 Å². The number of hydrogen-bond acceptors (Lipinski definition) is 3. The van der Waals surface area contributed by atoms with Crippen molar-refractivity contribution < 1.29 is 4.74 Å². The average Bonchev–Trinajstić information content (AvgIpc) is 2.36. The normalized spacial score (nSPS) is 11.4. The molecule has 0 bridgehead atoms. The zero-order chi connectivity index (χ0) is 16.0. The third-order valence-corrected chi connectivity index (χ3v) is 3.23. The maximum atomic E-state index is 7.59. The van der Waals surface area contributed by atoms with Crippen molar-refractivity contribution in [1.29, 1.82) is 5.41 Å². The summed E-state index contributed by atoms with van der Waals surface area (Å²) in [6.07, 6.45) is 0. The van der Waals surface area contributed by atoms with E-state index in [2.05, 4.69) is 32.6 Å². The average molecular weight is 291 g/mol. The molecule has 0 saturated carbocycles. The predicted octanol–water partition coefficient (Wildman–Crippen LogP) is 3.09. The van der Waals surface area contributed by atoms with Crippen molar-refractivity contribution in [3.63, 3.8) is 0 Å². The second-order valence-corrected chi connectivity index (χ2v) is 6.42. The predicted molar refractivity (Wildman–Crippen MR) is 89.0 cm³/mol. The second kappa shape index (κ2) is 8.03. The van der Waals surface area contributed by atoms with E-state index in [1.807, 2.05) is 18.2 Å². The minimum Gasteiger partial charge on any atom is -0.496 e. The molecule has 1 aromatic carbocycles. The largest absolute Gasteiger partial charge is 0.496 e. The fourth-order valence-electron chi connectivity index (χ4n) is 2.55. The summed E-state index contributed by atoms with van der Waals surface area (Å²) < 4.78 is 5.45. The highest BCUT2D eigenvalue weighted by molar-refractivity contribution is 5.95. The molecule has 0 unspecified atom stereocenters. The van der Waals surface area contributed by atoms with Crippen LogP contribution in [0.2, 0.25) is 0 Å². The van der Waals surface area contributed by atoms with Gasteiger partial charge in [0, 0.05) is 30.8 Å². The van der Waals surface area contributed by atoms with Crippen LogP contribution in [0.5, 0.6) is 5.75 Å². The number of benzene rings is 1. The Morgan fingerprint density at radius 1 is 1.19 bits per heavy atom. The SMILES string of the molecule is COc1ccc(C(=N)N)cc1CN(CC(C)C)CC(C)C. The lowest BCUT2D eigenvalue weighted by atomic mass is 10.1. The molecule has 0 heterocycles. The van der Waals surface area contributed by atoms with E-state index in [0.29, 0.717) is 11.8 Å². The molecule has 0 spiro atoms. The molecule has 0 radical (unpaired) electrons. The van der Waals surface area contributed by atoms with Crippen LogP contribution in [0.4, 0.5) is 0 Å². The molecule has 118 valence electrons. The fourth-order valence-corrected chi connectivity index (χ4v) is 2.55. The molecule has 4 heteroatoms. The Kier molecular flexibility index (Phi) is 6.69. The highest BCUT2D eigenvalue weighted by Crippen LogP contribution is 2.22. The molecule has 0 aromatic heterocycles. The summed E-state index contributed by atoms with van der Waals surface area (Å²) in [4.78, 5) is 2.44. The molecule has 0 saturated heterocycles. The van der Waals surface area contributed by atoms with Gasteiger partial charge < -0.3 is 10.5 Å². The van der Waals surface area contributed by atoms with Gasteiger partial charge in [-0.1, -0.05) is 27.7 Å². The molecular formula is C17H29N3O. The molecule has 0 aliphatic carbocycles. The first-order valence-electron chi connectivity index (χ1n) is 7.57. The van der Waals surface area contributed by atoms with Gasteiger partial charge in [-0.05, 0) is 30.0 Å². The molecule has 0 atom stereocenters. The van der Waals surface area contributed by atoms with Crippen molar-refractivity contribution in [2.45, 2.75) is 34.2 Å². The van der Waals surface area contributed by atoms with E-state index >= 15 is 0 Å². The fraction of sp³-hybridized carbons (Fsp3) is 0.588. The molecule has 4 nitrogen and oxygen atoms in total. The molecule has 3 N–H and O–H groups in total. The second-order valence-electron chi connectivity index (χ2n) is 6.42. The molecule has 0 aliphatic rings. The van der Waals surface area contributed by atoms with Gasteiger partial charge in [-0.25, -0.2) is 0 Å². The summed E-state index contributed by atoms with van der Waals surface area (Å²) in [5.74, 6) is 2.19. The number of methoxy groups -OCH3 is 1. The summed E-state index contributed by atoms with van der Waals surface area (Å²) in [7, 11) is 1.68. The van der Waals surface area contributed by atoms with Crippen molar-refractivity contribution in [3.05, 3.63) is 29.3 Å². The van der Waals surface area contributed by atoms with Gasteiger partial charge in [0.15, 0.2) is 0 Å². The number of hydrogen-bond donors (Lipinski definition) is 2. The van der Waals surface area contributed by atoms with E-state index in [9.17, 15) is 0 Å². The Morgan fingerprint density at radius 2 is 1.76 bits per heavy atom. The van der Waals surface area contributed by atoms with Gasteiger partial charge >= 0.3 is 0 Å². The van der Waals surface area contributed by atoms with E-state index in [0.717, 1.165) is 36.5 Å². The van der Waals surface area contributed by atoms with Crippen LogP contribution in [0.15, 0.2) is 18.2 Å². The highest BCUT2D eigenvalue weighted by Gasteiger charge is 2.14. The number of nitrogen functional groups attached to an aromatic ring is 1. The van der Waals surface area contributed by atoms with Crippen molar-refractivity contribution in [1.82, 2.24) is 4.90 Å². The van der Waals surface area contributed by atoms with E-state index in [4.69, 9.17) is 15.9 Å². The Morgan fingerprint density at radius 3 is 2.19 bits per heavy atom. The zero-order valence-corrected chi connectivity index (χ0v) is 13.9. The van der Waals surface area contributed by atoms with Crippen LogP contribution in [-0.2, 0) is 6.54 Å². The van der Waals surface area contributed by atoms with Crippen LogP contribution in [0, 0.1) is 17.2 Å². The molecule has 0 aliphatic heterocycles. The van der Waals surface area contributed by atoms with E-state index in [1.165, 1.54) is 0 Å². The zero-order valence-electron chi connectivity index (χ0n) is 13.9. The number of rotatable bonds is 8. The van der Waals surface area contributed by atoms with Crippen molar-refractivity contribution >= 4 is 5.84 Å². The number of nitrogens with one attached hydrogen (secondary N) is 1. The van der Waals surface area contributed by atoms with Gasteiger partial charge in [0.25, 0.3) is 0 Å². The monoisotopic (exact) mass is 291 g/mol. The van der Waals surface area contributed by atoms with Gasteiger partial charge in [0.2, 0.25) is 0 Å². The smallest absolute Gasteiger partial charge is 0.123 e. The van der Waals surface area contributed by atoms with E-state index < -0.39 is 0 Å². The van der Waals surface area contributed by atoms with Gasteiger partial charge in [-0.3, -0.25) is 10.3 Å². The summed E-state index contributed by atoms with van der Waals surface area (Å²) in [5, 5.41) is 7.59. The lowest BCUT2D eigenvalue weighted by Crippen LogP contribution is -2.31.